The number of hydrogen-bond acceptors (Lipinski definition) is 2. The van der Waals surface area contributed by atoms with Crippen molar-refractivity contribution >= 4 is 34.8 Å². The van der Waals surface area contributed by atoms with Crippen LogP contribution in [0, 0.1) is 5.82 Å². The fraction of sp³-hybridized carbons (Fsp3) is 0.0500. The van der Waals surface area contributed by atoms with Crippen LogP contribution < -0.4 is 5.32 Å². The zero-order chi connectivity index (χ0) is 17.5. The summed E-state index contributed by atoms with van der Waals surface area (Å²) in [7, 11) is 0. The molecule has 2 aromatic carbocycles. The average Bonchev–Trinajstić information content (AvgIpc) is 2.61. The lowest BCUT2D eigenvalue weighted by molar-refractivity contribution is 0.112. The van der Waals surface area contributed by atoms with Gasteiger partial charge in [0.15, 0.2) is 6.29 Å². The minimum Gasteiger partial charge on any atom is -0.355 e. The molecule has 0 spiro atoms. The maximum Gasteiger partial charge on any atom is 0.152 e. The molecule has 0 atom stereocenters. The molecule has 0 amide bonds. The first-order chi connectivity index (χ1) is 11.6. The molecule has 122 valence electrons. The van der Waals surface area contributed by atoms with Gasteiger partial charge in [-0.15, -0.1) is 0 Å². The zero-order valence-electron chi connectivity index (χ0n) is 13.2. The van der Waals surface area contributed by atoms with Crippen LogP contribution in [0.3, 0.4) is 0 Å². The Hall–Kier alpha value is -2.65. The number of allylic oxidation sites excluding steroid dienone is 5. The highest BCUT2D eigenvalue weighted by Gasteiger charge is 2.07. The van der Waals surface area contributed by atoms with Crippen molar-refractivity contribution in [3.8, 4) is 0 Å². The minimum atomic E-state index is -0.317. The number of benzene rings is 2. The summed E-state index contributed by atoms with van der Waals surface area (Å²) in [5, 5.41) is 3.73. The molecule has 0 aliphatic carbocycles. The van der Waals surface area contributed by atoms with Gasteiger partial charge in [0.1, 0.15) is 5.82 Å². The third kappa shape index (κ3) is 4.43. The van der Waals surface area contributed by atoms with E-state index >= 15 is 0 Å². The summed E-state index contributed by atoms with van der Waals surface area (Å²) in [5.41, 5.74) is 3.51. The van der Waals surface area contributed by atoms with Gasteiger partial charge in [-0.1, -0.05) is 36.4 Å². The van der Waals surface area contributed by atoms with Gasteiger partial charge in [-0.05, 0) is 60.5 Å². The summed E-state index contributed by atoms with van der Waals surface area (Å²) in [5.74, 6) is -0.317. The summed E-state index contributed by atoms with van der Waals surface area (Å²) in [4.78, 5) is 11.3. The summed E-state index contributed by atoms with van der Waals surface area (Å²) in [6.45, 7) is 5.65. The van der Waals surface area contributed by atoms with E-state index in [2.05, 4.69) is 11.9 Å². The number of aldehydes is 1. The Morgan fingerprint density at radius 2 is 1.92 bits per heavy atom. The van der Waals surface area contributed by atoms with Crippen LogP contribution in [0.2, 0.25) is 0 Å². The van der Waals surface area contributed by atoms with E-state index in [1.807, 2.05) is 19.1 Å². The van der Waals surface area contributed by atoms with Gasteiger partial charge in [0.2, 0.25) is 0 Å². The van der Waals surface area contributed by atoms with Crippen molar-refractivity contribution in [2.45, 2.75) is 6.92 Å². The number of hydrogen-bond donors (Lipinski definition) is 1. The molecule has 0 bridgehead atoms. The first-order valence-electron chi connectivity index (χ1n) is 7.35. The molecule has 2 rings (SSSR count). The van der Waals surface area contributed by atoms with Gasteiger partial charge in [-0.3, -0.25) is 4.79 Å². The first kappa shape index (κ1) is 17.7. The number of nitrogens with one attached hydrogen (secondary N) is 1. The Labute approximate surface area is 146 Å². The fourth-order valence-electron chi connectivity index (χ4n) is 2.13. The predicted molar refractivity (Wildman–Crippen MR) is 99.3 cm³/mol. The van der Waals surface area contributed by atoms with Gasteiger partial charge in [0.05, 0.1) is 0 Å². The maximum atomic E-state index is 13.0. The van der Waals surface area contributed by atoms with Crippen molar-refractivity contribution in [1.82, 2.24) is 0 Å². The van der Waals surface area contributed by atoms with Gasteiger partial charge in [0, 0.05) is 22.0 Å². The highest BCUT2D eigenvalue weighted by molar-refractivity contribution is 6.31. The molecular weight excluding hydrogens is 325 g/mol. The molecule has 2 nitrogen and oxygen atoms in total. The molecule has 2 aromatic rings. The molecule has 0 radical (unpaired) electrons. The van der Waals surface area contributed by atoms with E-state index in [4.69, 9.17) is 11.6 Å². The minimum absolute atomic E-state index is 0.317. The third-order valence-electron chi connectivity index (χ3n) is 3.43. The van der Waals surface area contributed by atoms with Crippen molar-refractivity contribution in [1.29, 1.82) is 0 Å². The Morgan fingerprint density at radius 3 is 2.50 bits per heavy atom. The van der Waals surface area contributed by atoms with E-state index < -0.39 is 0 Å². The van der Waals surface area contributed by atoms with Gasteiger partial charge in [-0.25, -0.2) is 4.39 Å². The molecule has 0 aliphatic heterocycles. The molecule has 24 heavy (non-hydrogen) atoms. The Morgan fingerprint density at radius 1 is 1.21 bits per heavy atom. The highest BCUT2D eigenvalue weighted by atomic mass is 35.5. The topological polar surface area (TPSA) is 29.1 Å². The van der Waals surface area contributed by atoms with E-state index in [1.54, 1.807) is 36.4 Å². The van der Waals surface area contributed by atoms with Crippen molar-refractivity contribution in [2.75, 3.05) is 5.32 Å². The average molecular weight is 342 g/mol. The lowest BCUT2D eigenvalue weighted by atomic mass is 10.0. The van der Waals surface area contributed by atoms with E-state index in [9.17, 15) is 9.18 Å². The van der Waals surface area contributed by atoms with Crippen LogP contribution in [0.1, 0.15) is 22.8 Å². The zero-order valence-corrected chi connectivity index (χ0v) is 14.0. The van der Waals surface area contributed by atoms with Crippen LogP contribution in [0.4, 0.5) is 15.8 Å². The van der Waals surface area contributed by atoms with Crippen LogP contribution >= 0.6 is 11.6 Å². The molecule has 0 saturated heterocycles. The molecule has 0 aliphatic rings. The maximum absolute atomic E-state index is 13.0. The van der Waals surface area contributed by atoms with Crippen molar-refractivity contribution < 1.29 is 9.18 Å². The molecule has 4 heteroatoms. The van der Waals surface area contributed by atoms with Crippen molar-refractivity contribution in [3.63, 3.8) is 0 Å². The predicted octanol–water partition coefficient (Wildman–Crippen LogP) is 6.09. The SMILES string of the molecule is C=C/C(=C\C(Cl)=C/C)c1ccc(C=O)c(Nc2ccc(F)cc2)c1. The summed E-state index contributed by atoms with van der Waals surface area (Å²) >= 11 is 6.06. The molecule has 0 heterocycles. The number of halogens is 2. The van der Waals surface area contributed by atoms with Crippen LogP contribution in [-0.2, 0) is 0 Å². The van der Waals surface area contributed by atoms with Gasteiger partial charge in [0.25, 0.3) is 0 Å². The monoisotopic (exact) mass is 341 g/mol. The number of rotatable bonds is 6. The second kappa shape index (κ2) is 8.27. The summed E-state index contributed by atoms with van der Waals surface area (Å²) < 4.78 is 13.0. The second-order valence-electron chi connectivity index (χ2n) is 5.03. The Balaban J connectivity index is 2.43. The lowest BCUT2D eigenvalue weighted by Crippen LogP contribution is -1.97. The molecule has 1 N–H and O–H groups in total. The van der Waals surface area contributed by atoms with Crippen LogP contribution in [0.5, 0.6) is 0 Å². The largest absolute Gasteiger partial charge is 0.355 e. The van der Waals surface area contributed by atoms with E-state index in [0.29, 0.717) is 22.0 Å². The van der Waals surface area contributed by atoms with Crippen LogP contribution in [-0.4, -0.2) is 6.29 Å². The number of anilines is 2. The molecule has 0 saturated carbocycles. The fourth-order valence-corrected chi connectivity index (χ4v) is 2.25. The first-order valence-corrected chi connectivity index (χ1v) is 7.73. The van der Waals surface area contributed by atoms with Crippen molar-refractivity contribution in [3.05, 3.63) is 89.2 Å². The van der Waals surface area contributed by atoms with E-state index in [0.717, 1.165) is 17.4 Å². The summed E-state index contributed by atoms with van der Waals surface area (Å²) in [6, 6.07) is 11.3. The molecule has 0 unspecified atom stereocenters. The van der Waals surface area contributed by atoms with E-state index in [1.165, 1.54) is 12.1 Å². The molecule has 0 fully saturated rings. The quantitative estimate of drug-likeness (QED) is 0.508. The highest BCUT2D eigenvalue weighted by Crippen LogP contribution is 2.27. The van der Waals surface area contributed by atoms with Crippen molar-refractivity contribution in [2.24, 2.45) is 0 Å². The Bertz CT molecular complexity index is 807. The number of carbonyl (C=O) groups is 1. The Kier molecular flexibility index (Phi) is 6.10. The lowest BCUT2D eigenvalue weighted by Gasteiger charge is -2.12. The van der Waals surface area contributed by atoms with E-state index in [-0.39, 0.29) is 5.82 Å². The molecular formula is C20H17ClFNO. The van der Waals surface area contributed by atoms with Gasteiger partial charge < -0.3 is 5.32 Å². The van der Waals surface area contributed by atoms with Crippen LogP contribution in [0.25, 0.3) is 5.57 Å². The third-order valence-corrected chi connectivity index (χ3v) is 3.75. The second-order valence-corrected chi connectivity index (χ2v) is 5.47. The molecule has 0 aromatic heterocycles. The normalized spacial score (nSPS) is 12.0. The summed E-state index contributed by atoms with van der Waals surface area (Å²) in [6.07, 6.45) is 6.05. The number of carbonyl (C=O) groups excluding carboxylic acids is 1. The standard InChI is InChI=1S/C20H17ClFNO/c1-3-14(11-17(21)4-2)15-5-6-16(13-24)20(12-15)23-19-9-7-18(22)8-10-19/h3-13,23H,1H2,2H3/b14-11+,17-4+. The van der Waals surface area contributed by atoms with Crippen LogP contribution in [0.15, 0.2) is 72.3 Å². The van der Waals surface area contributed by atoms with Gasteiger partial charge >= 0.3 is 0 Å². The van der Waals surface area contributed by atoms with Gasteiger partial charge in [-0.2, -0.15) is 0 Å². The smallest absolute Gasteiger partial charge is 0.152 e.